The van der Waals surface area contributed by atoms with Crippen LogP contribution in [0.3, 0.4) is 0 Å². The number of anilines is 1. The van der Waals surface area contributed by atoms with Crippen LogP contribution in [-0.2, 0) is 4.74 Å². The van der Waals surface area contributed by atoms with Gasteiger partial charge in [-0.3, -0.25) is 0 Å². The number of ether oxygens (including phenoxy) is 1. The number of para-hydroxylation sites is 1. The molecule has 4 aromatic rings. The molecule has 29 heavy (non-hydrogen) atoms. The van der Waals surface area contributed by atoms with E-state index in [0.717, 1.165) is 11.3 Å². The van der Waals surface area contributed by atoms with Crippen LogP contribution in [0, 0.1) is 0 Å². The molecule has 2 nitrogen and oxygen atoms in total. The molecule has 0 bridgehead atoms. The molecule has 0 aliphatic carbocycles. The zero-order valence-electron chi connectivity index (χ0n) is 16.1. The van der Waals surface area contributed by atoms with E-state index in [4.69, 9.17) is 4.74 Å². The molecule has 1 aliphatic rings. The van der Waals surface area contributed by atoms with E-state index in [1.54, 1.807) is 0 Å². The Morgan fingerprint density at radius 3 is 1.48 bits per heavy atom. The number of hydrogen-bond acceptors (Lipinski definition) is 2. The van der Waals surface area contributed by atoms with Gasteiger partial charge < -0.3 is 9.64 Å². The second kappa shape index (κ2) is 7.94. The van der Waals surface area contributed by atoms with E-state index in [-0.39, 0.29) is 18.4 Å². The smallest absolute Gasteiger partial charge is 0.158 e. The third-order valence-electron chi connectivity index (χ3n) is 5.52. The minimum Gasteiger partial charge on any atom is -0.344 e. The zero-order chi connectivity index (χ0) is 19.5. The molecule has 1 aliphatic heterocycles. The van der Waals surface area contributed by atoms with Gasteiger partial charge in [-0.2, -0.15) is 0 Å². The largest absolute Gasteiger partial charge is 0.344 e. The van der Waals surface area contributed by atoms with Gasteiger partial charge in [0.25, 0.3) is 0 Å². The highest BCUT2D eigenvalue weighted by molar-refractivity contribution is 5.53. The Bertz CT molecular complexity index is 948. The highest BCUT2D eigenvalue weighted by atomic mass is 16.5. The Morgan fingerprint density at radius 2 is 0.931 bits per heavy atom. The number of hydrogen-bond donors (Lipinski definition) is 0. The molecule has 1 heterocycles. The number of rotatable bonds is 4. The Hall–Kier alpha value is -3.36. The molecule has 1 saturated heterocycles. The summed E-state index contributed by atoms with van der Waals surface area (Å²) in [4.78, 5) is 2.42. The van der Waals surface area contributed by atoms with E-state index in [2.05, 4.69) is 126 Å². The molecule has 0 N–H and O–H groups in total. The van der Waals surface area contributed by atoms with Gasteiger partial charge in [0.2, 0.25) is 0 Å². The van der Waals surface area contributed by atoms with Crippen molar-refractivity contribution in [3.63, 3.8) is 0 Å². The van der Waals surface area contributed by atoms with Crippen molar-refractivity contribution >= 4 is 5.69 Å². The second-order valence-corrected chi connectivity index (χ2v) is 7.33. The summed E-state index contributed by atoms with van der Waals surface area (Å²) in [5.74, 6) is 0. The van der Waals surface area contributed by atoms with E-state index in [0.29, 0.717) is 0 Å². The van der Waals surface area contributed by atoms with Gasteiger partial charge in [-0.25, -0.2) is 0 Å². The normalized spacial score (nSPS) is 21.2. The fourth-order valence-corrected chi connectivity index (χ4v) is 4.21. The van der Waals surface area contributed by atoms with Crippen LogP contribution in [0.5, 0.6) is 0 Å². The van der Waals surface area contributed by atoms with Gasteiger partial charge in [0.05, 0.1) is 6.04 Å². The van der Waals surface area contributed by atoms with Crippen LogP contribution in [0.1, 0.15) is 35.1 Å². The van der Waals surface area contributed by atoms with Crippen molar-refractivity contribution < 1.29 is 4.74 Å². The first-order chi connectivity index (χ1) is 14.4. The van der Waals surface area contributed by atoms with Gasteiger partial charge in [-0.1, -0.05) is 109 Å². The number of nitrogens with zero attached hydrogens (tertiary/aromatic N) is 1. The molecule has 0 spiro atoms. The minimum atomic E-state index is -0.158. The molecule has 0 saturated carbocycles. The fourth-order valence-electron chi connectivity index (χ4n) is 4.21. The van der Waals surface area contributed by atoms with Crippen LogP contribution in [0.4, 0.5) is 5.69 Å². The first-order valence-electron chi connectivity index (χ1n) is 10.1. The predicted molar refractivity (Wildman–Crippen MR) is 118 cm³/mol. The van der Waals surface area contributed by atoms with Crippen molar-refractivity contribution in [2.45, 2.75) is 18.4 Å². The lowest BCUT2D eigenvalue weighted by Gasteiger charge is -2.31. The quantitative estimate of drug-likeness (QED) is 0.392. The highest BCUT2D eigenvalue weighted by Gasteiger charge is 2.44. The van der Waals surface area contributed by atoms with Crippen LogP contribution in [0.15, 0.2) is 121 Å². The van der Waals surface area contributed by atoms with E-state index >= 15 is 0 Å². The maximum Gasteiger partial charge on any atom is 0.158 e. The lowest BCUT2D eigenvalue weighted by Crippen LogP contribution is -2.27. The van der Waals surface area contributed by atoms with Crippen molar-refractivity contribution in [1.82, 2.24) is 0 Å². The van der Waals surface area contributed by atoms with Crippen molar-refractivity contribution in [2.24, 2.45) is 0 Å². The molecule has 0 amide bonds. The first-order valence-corrected chi connectivity index (χ1v) is 10.1. The van der Waals surface area contributed by atoms with E-state index in [9.17, 15) is 0 Å². The summed E-state index contributed by atoms with van der Waals surface area (Å²) in [5.41, 5.74) is 4.77. The lowest BCUT2D eigenvalue weighted by molar-refractivity contribution is 0.0404. The third kappa shape index (κ3) is 3.43. The second-order valence-electron chi connectivity index (χ2n) is 7.33. The number of benzene rings is 4. The fraction of sp³-hybridized carbons (Fsp3) is 0.111. The van der Waals surface area contributed by atoms with Crippen molar-refractivity contribution in [3.05, 3.63) is 138 Å². The standard InChI is InChI=1S/C27H23NO/c1-5-13-21(14-6-1)25-26(22-15-7-2-8-16-22)29-27(23-17-9-3-10-18-23)28(25)24-19-11-4-12-20-24/h1-20,25-27H/t25-,26+,27+/m0/s1. The molecular weight excluding hydrogens is 354 g/mol. The molecule has 5 rings (SSSR count). The van der Waals surface area contributed by atoms with Crippen LogP contribution < -0.4 is 4.90 Å². The van der Waals surface area contributed by atoms with E-state index in [1.165, 1.54) is 11.1 Å². The Kier molecular flexibility index (Phi) is 4.85. The van der Waals surface area contributed by atoms with E-state index in [1.807, 2.05) is 0 Å². The average molecular weight is 377 g/mol. The molecule has 3 atom stereocenters. The van der Waals surface area contributed by atoms with Gasteiger partial charge in [0.15, 0.2) is 6.23 Å². The Balaban J connectivity index is 1.69. The zero-order valence-corrected chi connectivity index (χ0v) is 16.1. The lowest BCUT2D eigenvalue weighted by atomic mass is 9.95. The van der Waals surface area contributed by atoms with Gasteiger partial charge >= 0.3 is 0 Å². The first kappa shape index (κ1) is 17.7. The summed E-state index contributed by atoms with van der Waals surface area (Å²) in [6.07, 6.45) is -0.224. The predicted octanol–water partition coefficient (Wildman–Crippen LogP) is 6.70. The summed E-state index contributed by atoms with van der Waals surface area (Å²) < 4.78 is 6.79. The monoisotopic (exact) mass is 377 g/mol. The van der Waals surface area contributed by atoms with Crippen molar-refractivity contribution in [3.8, 4) is 0 Å². The van der Waals surface area contributed by atoms with Crippen molar-refractivity contribution in [1.29, 1.82) is 0 Å². The summed E-state index contributed by atoms with van der Waals surface area (Å²) in [6.45, 7) is 0. The molecule has 2 heteroatoms. The van der Waals surface area contributed by atoms with Crippen LogP contribution in [-0.4, -0.2) is 0 Å². The Morgan fingerprint density at radius 1 is 0.483 bits per heavy atom. The summed E-state index contributed by atoms with van der Waals surface area (Å²) in [6, 6.07) is 42.4. The van der Waals surface area contributed by atoms with Crippen molar-refractivity contribution in [2.75, 3.05) is 4.90 Å². The summed E-state index contributed by atoms with van der Waals surface area (Å²) >= 11 is 0. The third-order valence-corrected chi connectivity index (χ3v) is 5.52. The van der Waals surface area contributed by atoms with Gasteiger partial charge in [0.1, 0.15) is 6.10 Å². The molecule has 142 valence electrons. The molecule has 4 aromatic carbocycles. The highest BCUT2D eigenvalue weighted by Crippen LogP contribution is 2.52. The topological polar surface area (TPSA) is 12.5 Å². The summed E-state index contributed by atoms with van der Waals surface area (Å²) in [7, 11) is 0. The van der Waals surface area contributed by atoms with Crippen LogP contribution in [0.2, 0.25) is 0 Å². The van der Waals surface area contributed by atoms with E-state index < -0.39 is 0 Å². The minimum absolute atomic E-state index is 0.0657. The maximum atomic E-state index is 6.79. The summed E-state index contributed by atoms with van der Waals surface area (Å²) in [5, 5.41) is 0. The molecule has 0 unspecified atom stereocenters. The molecule has 1 fully saturated rings. The SMILES string of the molecule is c1ccc([C@H]2O[C@H](c3ccccc3)N(c3ccccc3)[C@H]2c2ccccc2)cc1. The van der Waals surface area contributed by atoms with Gasteiger partial charge in [-0.05, 0) is 23.3 Å². The molecule has 0 aromatic heterocycles. The Labute approximate surface area is 172 Å². The van der Waals surface area contributed by atoms with Crippen LogP contribution >= 0.6 is 0 Å². The van der Waals surface area contributed by atoms with Gasteiger partial charge in [0, 0.05) is 11.3 Å². The average Bonchev–Trinajstić information content (AvgIpc) is 3.22. The van der Waals surface area contributed by atoms with Gasteiger partial charge in [-0.15, -0.1) is 0 Å². The van der Waals surface area contributed by atoms with Crippen LogP contribution in [0.25, 0.3) is 0 Å². The molecular formula is C27H23NO. The maximum absolute atomic E-state index is 6.79. The molecule has 0 radical (unpaired) electrons.